The Labute approximate surface area is 104 Å². The Hall–Kier alpha value is -1.65. The Kier molecular flexibility index (Phi) is 2.10. The van der Waals surface area contributed by atoms with Gasteiger partial charge in [0.05, 0.1) is 0 Å². The molecule has 1 saturated carbocycles. The maximum Gasteiger partial charge on any atom is 0.283 e. The fourth-order valence-electron chi connectivity index (χ4n) is 3.13. The minimum absolute atomic E-state index is 0.0273. The number of nitrogens with zero attached hydrogens (tertiary/aromatic N) is 3. The van der Waals surface area contributed by atoms with Crippen LogP contribution in [0.25, 0.3) is 11.2 Å². The third-order valence-electron chi connectivity index (χ3n) is 4.10. The Morgan fingerprint density at radius 1 is 1.17 bits per heavy atom. The second-order valence-corrected chi connectivity index (χ2v) is 5.28. The average molecular weight is 245 g/mol. The summed E-state index contributed by atoms with van der Waals surface area (Å²) in [7, 11) is 0. The topological polar surface area (TPSA) is 60.9 Å². The average Bonchev–Trinajstić information content (AvgIpc) is 3.08. The van der Waals surface area contributed by atoms with Crippen LogP contribution < -0.4 is 5.56 Å². The van der Waals surface area contributed by atoms with Crippen LogP contribution in [0.15, 0.2) is 9.21 Å². The first-order valence-electron chi connectivity index (χ1n) is 6.73. The Bertz CT molecular complexity index is 665. The van der Waals surface area contributed by atoms with Gasteiger partial charge in [-0.15, -0.1) is 0 Å². The summed E-state index contributed by atoms with van der Waals surface area (Å²) in [5.41, 5.74) is 0.832. The Balaban J connectivity index is 1.90. The standard InChI is InChI=1S/C13H15N3O2/c17-13-10-12(14-9-6-3-7-16(9)13)18-11(15-10)8-4-1-2-5-8/h8H,1-7H2. The van der Waals surface area contributed by atoms with Gasteiger partial charge < -0.3 is 4.42 Å². The molecule has 0 amide bonds. The molecule has 2 aromatic rings. The van der Waals surface area contributed by atoms with Gasteiger partial charge in [0.15, 0.2) is 5.52 Å². The summed E-state index contributed by atoms with van der Waals surface area (Å²) in [6.45, 7) is 0.767. The van der Waals surface area contributed by atoms with Gasteiger partial charge in [-0.25, -0.2) is 4.98 Å². The van der Waals surface area contributed by atoms with E-state index < -0.39 is 0 Å². The highest BCUT2D eigenvalue weighted by Crippen LogP contribution is 2.34. The molecular weight excluding hydrogens is 230 g/mol. The fraction of sp³-hybridized carbons (Fsp3) is 0.615. The summed E-state index contributed by atoms with van der Waals surface area (Å²) in [5.74, 6) is 1.96. The number of rotatable bonds is 1. The van der Waals surface area contributed by atoms with Crippen molar-refractivity contribution in [2.75, 3.05) is 0 Å². The van der Waals surface area contributed by atoms with Gasteiger partial charge >= 0.3 is 0 Å². The third kappa shape index (κ3) is 1.36. The lowest BCUT2D eigenvalue weighted by Gasteiger charge is -2.00. The van der Waals surface area contributed by atoms with Crippen molar-refractivity contribution >= 4 is 11.2 Å². The molecule has 1 aliphatic carbocycles. The molecule has 18 heavy (non-hydrogen) atoms. The quantitative estimate of drug-likeness (QED) is 0.770. The van der Waals surface area contributed by atoms with Crippen molar-refractivity contribution in [3.8, 4) is 0 Å². The van der Waals surface area contributed by atoms with E-state index in [-0.39, 0.29) is 5.56 Å². The van der Waals surface area contributed by atoms with Gasteiger partial charge in [0.2, 0.25) is 5.89 Å². The van der Waals surface area contributed by atoms with Gasteiger partial charge in [-0.3, -0.25) is 9.36 Å². The van der Waals surface area contributed by atoms with Gasteiger partial charge in [-0.1, -0.05) is 12.8 Å². The van der Waals surface area contributed by atoms with Gasteiger partial charge in [-0.2, -0.15) is 4.98 Å². The van der Waals surface area contributed by atoms with Crippen molar-refractivity contribution in [2.45, 2.75) is 51.0 Å². The van der Waals surface area contributed by atoms with Gasteiger partial charge in [0, 0.05) is 18.9 Å². The van der Waals surface area contributed by atoms with E-state index in [4.69, 9.17) is 4.42 Å². The Morgan fingerprint density at radius 3 is 2.83 bits per heavy atom. The van der Waals surface area contributed by atoms with Crippen LogP contribution in [0.2, 0.25) is 0 Å². The molecule has 0 radical (unpaired) electrons. The number of aryl methyl sites for hydroxylation is 1. The molecule has 0 atom stereocenters. The molecule has 2 aromatic heterocycles. The summed E-state index contributed by atoms with van der Waals surface area (Å²) < 4.78 is 7.46. The lowest BCUT2D eigenvalue weighted by Crippen LogP contribution is -2.20. The molecule has 1 aliphatic heterocycles. The first-order chi connectivity index (χ1) is 8.83. The predicted octanol–water partition coefficient (Wildman–Crippen LogP) is 1.99. The SMILES string of the molecule is O=c1c2nc(C3CCCC3)oc2nc2n1CCC2. The summed E-state index contributed by atoms with van der Waals surface area (Å²) in [5, 5.41) is 0. The van der Waals surface area contributed by atoms with Crippen molar-refractivity contribution in [1.82, 2.24) is 14.5 Å². The zero-order chi connectivity index (χ0) is 12.1. The Morgan fingerprint density at radius 2 is 2.00 bits per heavy atom. The van der Waals surface area contributed by atoms with E-state index in [1.807, 2.05) is 0 Å². The molecule has 94 valence electrons. The molecular formula is C13H15N3O2. The molecule has 0 spiro atoms. The predicted molar refractivity (Wildman–Crippen MR) is 65.6 cm³/mol. The molecule has 3 heterocycles. The molecule has 2 aliphatic rings. The molecule has 5 nitrogen and oxygen atoms in total. The third-order valence-corrected chi connectivity index (χ3v) is 4.10. The number of fused-ring (bicyclic) bond motifs is 2. The number of hydrogen-bond acceptors (Lipinski definition) is 4. The summed E-state index contributed by atoms with van der Waals surface area (Å²) in [6, 6.07) is 0. The van der Waals surface area contributed by atoms with Crippen molar-refractivity contribution < 1.29 is 4.42 Å². The zero-order valence-electron chi connectivity index (χ0n) is 10.2. The highest BCUT2D eigenvalue weighted by molar-refractivity contribution is 5.66. The summed E-state index contributed by atoms with van der Waals surface area (Å²) in [4.78, 5) is 21.1. The highest BCUT2D eigenvalue weighted by Gasteiger charge is 2.25. The van der Waals surface area contributed by atoms with E-state index in [2.05, 4.69) is 9.97 Å². The molecule has 1 fully saturated rings. The minimum Gasteiger partial charge on any atom is -0.422 e. The van der Waals surface area contributed by atoms with Crippen LogP contribution in [0.1, 0.15) is 49.7 Å². The second-order valence-electron chi connectivity index (χ2n) is 5.28. The van der Waals surface area contributed by atoms with Crippen LogP contribution in [0.4, 0.5) is 0 Å². The second kappa shape index (κ2) is 3.67. The first-order valence-corrected chi connectivity index (χ1v) is 6.73. The highest BCUT2D eigenvalue weighted by atomic mass is 16.4. The normalized spacial score (nSPS) is 19.8. The molecule has 0 aromatic carbocycles. The van der Waals surface area contributed by atoms with Gasteiger partial charge in [-0.05, 0) is 19.3 Å². The molecule has 0 unspecified atom stereocenters. The number of oxazole rings is 1. The fourth-order valence-corrected chi connectivity index (χ4v) is 3.13. The van der Waals surface area contributed by atoms with Crippen molar-refractivity contribution in [3.63, 3.8) is 0 Å². The van der Waals surface area contributed by atoms with Crippen LogP contribution in [-0.4, -0.2) is 14.5 Å². The van der Waals surface area contributed by atoms with E-state index in [1.165, 1.54) is 12.8 Å². The van der Waals surface area contributed by atoms with Crippen molar-refractivity contribution in [3.05, 3.63) is 22.1 Å². The maximum absolute atomic E-state index is 12.2. The minimum atomic E-state index is -0.0273. The number of hydrogen-bond donors (Lipinski definition) is 0. The van der Waals surface area contributed by atoms with E-state index >= 15 is 0 Å². The summed E-state index contributed by atoms with van der Waals surface area (Å²) in [6.07, 6.45) is 6.55. The summed E-state index contributed by atoms with van der Waals surface area (Å²) >= 11 is 0. The molecule has 0 saturated heterocycles. The van der Waals surface area contributed by atoms with Crippen LogP contribution in [0.3, 0.4) is 0 Å². The van der Waals surface area contributed by atoms with Crippen LogP contribution in [0, 0.1) is 0 Å². The number of aromatic nitrogens is 3. The van der Waals surface area contributed by atoms with Crippen LogP contribution >= 0.6 is 0 Å². The van der Waals surface area contributed by atoms with Crippen molar-refractivity contribution in [1.29, 1.82) is 0 Å². The lowest BCUT2D eigenvalue weighted by molar-refractivity contribution is 0.468. The van der Waals surface area contributed by atoms with E-state index in [0.29, 0.717) is 17.1 Å². The van der Waals surface area contributed by atoms with Gasteiger partial charge in [0.25, 0.3) is 11.3 Å². The molecule has 5 heteroatoms. The molecule has 0 N–H and O–H groups in total. The van der Waals surface area contributed by atoms with Crippen molar-refractivity contribution in [2.24, 2.45) is 0 Å². The maximum atomic E-state index is 12.2. The smallest absolute Gasteiger partial charge is 0.283 e. The van der Waals surface area contributed by atoms with E-state index in [9.17, 15) is 4.79 Å². The van der Waals surface area contributed by atoms with Crippen LogP contribution in [-0.2, 0) is 13.0 Å². The molecule has 4 rings (SSSR count). The monoisotopic (exact) mass is 245 g/mol. The van der Waals surface area contributed by atoms with Crippen LogP contribution in [0.5, 0.6) is 0 Å². The zero-order valence-corrected chi connectivity index (χ0v) is 10.2. The van der Waals surface area contributed by atoms with Gasteiger partial charge in [0.1, 0.15) is 5.82 Å². The largest absolute Gasteiger partial charge is 0.422 e. The molecule has 0 bridgehead atoms. The first kappa shape index (κ1) is 10.3. The van der Waals surface area contributed by atoms with E-state index in [1.54, 1.807) is 4.57 Å². The van der Waals surface area contributed by atoms with E-state index in [0.717, 1.165) is 43.9 Å². The lowest BCUT2D eigenvalue weighted by atomic mass is 10.1.